The molecule has 1 aromatic rings. The number of carbonyl (C=O) groups excluding carboxylic acids is 1. The van der Waals surface area contributed by atoms with Gasteiger partial charge in [-0.1, -0.05) is 36.2 Å². The van der Waals surface area contributed by atoms with E-state index in [1.165, 1.54) is 37.9 Å². The van der Waals surface area contributed by atoms with E-state index in [4.69, 9.17) is 5.73 Å². The number of aryl methyl sites for hydroxylation is 1. The lowest BCUT2D eigenvalue weighted by Crippen LogP contribution is -2.49. The van der Waals surface area contributed by atoms with Crippen LogP contribution < -0.4 is 5.73 Å². The van der Waals surface area contributed by atoms with Crippen molar-refractivity contribution >= 4 is 30.7 Å². The van der Waals surface area contributed by atoms with E-state index in [2.05, 4.69) is 4.90 Å². The van der Waals surface area contributed by atoms with Gasteiger partial charge in [-0.3, -0.25) is 4.79 Å². The van der Waals surface area contributed by atoms with Crippen LogP contribution in [-0.4, -0.2) is 47.9 Å². The van der Waals surface area contributed by atoms with Gasteiger partial charge >= 0.3 is 0 Å². The van der Waals surface area contributed by atoms with Crippen LogP contribution in [-0.2, 0) is 4.79 Å². The van der Waals surface area contributed by atoms with E-state index in [0.29, 0.717) is 6.04 Å². The Morgan fingerprint density at radius 1 is 1.00 bits per heavy atom. The lowest BCUT2D eigenvalue weighted by Gasteiger charge is -2.40. The summed E-state index contributed by atoms with van der Waals surface area (Å²) in [5, 5.41) is 0. The van der Waals surface area contributed by atoms with Crippen LogP contribution in [0.5, 0.6) is 0 Å². The minimum atomic E-state index is -0.526. The molecule has 2 fully saturated rings. The molecule has 0 saturated carbocycles. The van der Waals surface area contributed by atoms with Gasteiger partial charge in [-0.25, -0.2) is 0 Å². The highest BCUT2D eigenvalue weighted by Gasteiger charge is 2.30. The topological polar surface area (TPSA) is 49.6 Å². The van der Waals surface area contributed by atoms with E-state index in [1.54, 1.807) is 0 Å². The number of rotatable bonds is 3. The molecule has 0 radical (unpaired) electrons. The molecule has 1 unspecified atom stereocenters. The molecule has 3 rings (SSSR count). The van der Waals surface area contributed by atoms with Crippen molar-refractivity contribution in [3.63, 3.8) is 0 Å². The molecular formula is C19H31Cl2N3O. The van der Waals surface area contributed by atoms with Crippen LogP contribution in [0.1, 0.15) is 49.3 Å². The Labute approximate surface area is 163 Å². The Morgan fingerprint density at radius 2 is 1.56 bits per heavy atom. The summed E-state index contributed by atoms with van der Waals surface area (Å²) in [5.74, 6) is 0.0750. The number of nitrogens with two attached hydrogens (primary N) is 1. The number of benzene rings is 1. The van der Waals surface area contributed by atoms with Crippen LogP contribution >= 0.6 is 24.8 Å². The van der Waals surface area contributed by atoms with Crippen LogP contribution in [0.2, 0.25) is 0 Å². The lowest BCUT2D eigenvalue weighted by atomic mass is 9.98. The van der Waals surface area contributed by atoms with Gasteiger partial charge in [0.15, 0.2) is 0 Å². The summed E-state index contributed by atoms with van der Waals surface area (Å²) >= 11 is 0. The average Bonchev–Trinajstić information content (AvgIpc) is 2.62. The third-order valence-corrected chi connectivity index (χ3v) is 5.39. The molecule has 0 spiro atoms. The van der Waals surface area contributed by atoms with Gasteiger partial charge in [-0.05, 0) is 51.3 Å². The highest BCUT2D eigenvalue weighted by molar-refractivity contribution is 5.85. The van der Waals surface area contributed by atoms with Crippen molar-refractivity contribution in [3.05, 3.63) is 35.4 Å². The maximum atomic E-state index is 12.7. The predicted molar refractivity (Wildman–Crippen MR) is 108 cm³/mol. The van der Waals surface area contributed by atoms with Crippen molar-refractivity contribution in [3.8, 4) is 0 Å². The second-order valence-corrected chi connectivity index (χ2v) is 7.04. The number of nitrogens with zero attached hydrogens (tertiary/aromatic N) is 2. The van der Waals surface area contributed by atoms with Gasteiger partial charge in [-0.15, -0.1) is 24.8 Å². The number of hydrogen-bond acceptors (Lipinski definition) is 3. The first-order chi connectivity index (χ1) is 11.1. The zero-order valence-electron chi connectivity index (χ0n) is 15.0. The van der Waals surface area contributed by atoms with E-state index in [-0.39, 0.29) is 30.7 Å². The number of carbonyl (C=O) groups is 1. The first-order valence-corrected chi connectivity index (χ1v) is 9.00. The van der Waals surface area contributed by atoms with E-state index in [0.717, 1.165) is 31.5 Å². The Kier molecular flexibility index (Phi) is 9.22. The molecule has 4 nitrogen and oxygen atoms in total. The summed E-state index contributed by atoms with van der Waals surface area (Å²) in [7, 11) is 0. The number of piperidine rings is 2. The molecule has 1 amide bonds. The van der Waals surface area contributed by atoms with Crippen LogP contribution in [0, 0.1) is 6.92 Å². The van der Waals surface area contributed by atoms with Crippen molar-refractivity contribution in [1.82, 2.24) is 9.80 Å². The van der Waals surface area contributed by atoms with E-state index in [9.17, 15) is 4.79 Å². The number of amides is 1. The molecular weight excluding hydrogens is 357 g/mol. The van der Waals surface area contributed by atoms with Gasteiger partial charge in [0.2, 0.25) is 5.91 Å². The maximum Gasteiger partial charge on any atom is 0.244 e. The quantitative estimate of drug-likeness (QED) is 0.864. The summed E-state index contributed by atoms with van der Waals surface area (Å²) in [6.07, 6.45) is 6.22. The second-order valence-electron chi connectivity index (χ2n) is 7.04. The zero-order chi connectivity index (χ0) is 16.2. The van der Waals surface area contributed by atoms with Crippen LogP contribution in [0.3, 0.4) is 0 Å². The number of halogens is 2. The number of likely N-dealkylation sites (tertiary alicyclic amines) is 2. The summed E-state index contributed by atoms with van der Waals surface area (Å²) in [6, 6.07) is 8.12. The summed E-state index contributed by atoms with van der Waals surface area (Å²) < 4.78 is 0. The fourth-order valence-corrected chi connectivity index (χ4v) is 3.85. The van der Waals surface area contributed by atoms with Gasteiger partial charge < -0.3 is 15.5 Å². The minimum Gasteiger partial charge on any atom is -0.341 e. The Morgan fingerprint density at radius 3 is 2.12 bits per heavy atom. The molecule has 0 bridgehead atoms. The molecule has 1 atom stereocenters. The van der Waals surface area contributed by atoms with Crippen LogP contribution in [0.25, 0.3) is 0 Å². The SMILES string of the molecule is Cc1ccc(C(N)C(=O)N2CCC(N3CCCCC3)CC2)cc1.Cl.Cl. The third-order valence-electron chi connectivity index (χ3n) is 5.39. The molecule has 2 saturated heterocycles. The minimum absolute atomic E-state index is 0. The number of hydrogen-bond donors (Lipinski definition) is 1. The van der Waals surface area contributed by atoms with Crippen LogP contribution in [0.15, 0.2) is 24.3 Å². The fourth-order valence-electron chi connectivity index (χ4n) is 3.85. The van der Waals surface area contributed by atoms with Gasteiger partial charge in [0.1, 0.15) is 6.04 Å². The summed E-state index contributed by atoms with van der Waals surface area (Å²) in [4.78, 5) is 17.2. The molecule has 1 aromatic carbocycles. The Balaban J connectivity index is 0.00000156. The van der Waals surface area contributed by atoms with Gasteiger partial charge in [0.25, 0.3) is 0 Å². The monoisotopic (exact) mass is 387 g/mol. The molecule has 0 aliphatic carbocycles. The molecule has 6 heteroatoms. The van der Waals surface area contributed by atoms with Gasteiger partial charge in [-0.2, -0.15) is 0 Å². The molecule has 2 aliphatic rings. The Hall–Kier alpha value is -0.810. The Bertz CT molecular complexity index is 524. The van der Waals surface area contributed by atoms with Crippen molar-refractivity contribution in [2.45, 2.75) is 51.1 Å². The molecule has 142 valence electrons. The van der Waals surface area contributed by atoms with Crippen molar-refractivity contribution in [2.24, 2.45) is 5.73 Å². The van der Waals surface area contributed by atoms with Crippen molar-refractivity contribution in [2.75, 3.05) is 26.2 Å². The molecule has 2 heterocycles. The van der Waals surface area contributed by atoms with Gasteiger partial charge in [0.05, 0.1) is 0 Å². The van der Waals surface area contributed by atoms with E-state index < -0.39 is 6.04 Å². The van der Waals surface area contributed by atoms with Gasteiger partial charge in [0, 0.05) is 19.1 Å². The third kappa shape index (κ3) is 5.58. The largest absolute Gasteiger partial charge is 0.341 e. The standard InChI is InChI=1S/C19H29N3O.2ClH/c1-15-5-7-16(8-6-15)18(20)19(23)22-13-9-17(10-14-22)21-11-3-2-4-12-21;;/h5-8,17-18H,2-4,9-14,20H2,1H3;2*1H. The lowest BCUT2D eigenvalue weighted by molar-refractivity contribution is -0.134. The highest BCUT2D eigenvalue weighted by atomic mass is 35.5. The van der Waals surface area contributed by atoms with Crippen molar-refractivity contribution in [1.29, 1.82) is 0 Å². The summed E-state index contributed by atoms with van der Waals surface area (Å²) in [5.41, 5.74) is 8.30. The second kappa shape index (κ2) is 10.4. The molecule has 2 N–H and O–H groups in total. The van der Waals surface area contributed by atoms with E-state index >= 15 is 0 Å². The predicted octanol–water partition coefficient (Wildman–Crippen LogP) is 3.32. The molecule has 2 aliphatic heterocycles. The highest BCUT2D eigenvalue weighted by Crippen LogP contribution is 2.23. The zero-order valence-corrected chi connectivity index (χ0v) is 16.7. The fraction of sp³-hybridized carbons (Fsp3) is 0.632. The molecule has 25 heavy (non-hydrogen) atoms. The average molecular weight is 388 g/mol. The summed E-state index contributed by atoms with van der Waals surface area (Å²) in [6.45, 7) is 6.21. The first kappa shape index (κ1) is 22.2. The smallest absolute Gasteiger partial charge is 0.244 e. The molecule has 0 aromatic heterocycles. The van der Waals surface area contributed by atoms with Crippen molar-refractivity contribution < 1.29 is 4.79 Å². The van der Waals surface area contributed by atoms with Crippen LogP contribution in [0.4, 0.5) is 0 Å². The maximum absolute atomic E-state index is 12.7. The first-order valence-electron chi connectivity index (χ1n) is 9.00. The van der Waals surface area contributed by atoms with E-state index in [1.807, 2.05) is 36.1 Å². The normalized spacial score (nSPS) is 20.3.